The molecule has 6 nitrogen and oxygen atoms in total. The fourth-order valence-electron chi connectivity index (χ4n) is 2.29. The molecule has 0 aliphatic carbocycles. The fourth-order valence-corrected chi connectivity index (χ4v) is 3.81. The number of nitrogens with zero attached hydrogens (tertiary/aromatic N) is 2. The van der Waals surface area contributed by atoms with Crippen LogP contribution >= 0.6 is 0 Å². The SMILES string of the molecule is CCC(CC)CNS(=O)(=O)c1c(C)nn(CCN)c1C. The molecule has 0 aliphatic rings. The summed E-state index contributed by atoms with van der Waals surface area (Å²) in [5.41, 5.74) is 6.67. The van der Waals surface area contributed by atoms with E-state index in [1.165, 1.54) is 0 Å². The van der Waals surface area contributed by atoms with E-state index in [9.17, 15) is 8.42 Å². The second-order valence-corrected chi connectivity index (χ2v) is 6.75. The Labute approximate surface area is 121 Å². The fraction of sp³-hybridized carbons (Fsp3) is 0.769. The van der Waals surface area contributed by atoms with Crippen molar-refractivity contribution in [1.82, 2.24) is 14.5 Å². The van der Waals surface area contributed by atoms with Crippen molar-refractivity contribution in [3.8, 4) is 0 Å². The number of nitrogens with one attached hydrogen (secondary N) is 1. The molecule has 0 saturated heterocycles. The molecule has 1 aromatic rings. The van der Waals surface area contributed by atoms with E-state index in [-0.39, 0.29) is 4.90 Å². The van der Waals surface area contributed by atoms with E-state index in [0.29, 0.717) is 36.9 Å². The highest BCUT2D eigenvalue weighted by Crippen LogP contribution is 2.19. The first-order valence-electron chi connectivity index (χ1n) is 7.11. The van der Waals surface area contributed by atoms with Crippen molar-refractivity contribution < 1.29 is 8.42 Å². The third-order valence-electron chi connectivity index (χ3n) is 3.64. The Morgan fingerprint density at radius 3 is 2.40 bits per heavy atom. The van der Waals surface area contributed by atoms with E-state index in [4.69, 9.17) is 5.73 Å². The number of aromatic nitrogens is 2. The predicted octanol–water partition coefficient (Wildman–Crippen LogP) is 1.17. The maximum absolute atomic E-state index is 12.4. The van der Waals surface area contributed by atoms with E-state index in [0.717, 1.165) is 12.8 Å². The maximum Gasteiger partial charge on any atom is 0.244 e. The molecule has 0 aliphatic heterocycles. The first-order chi connectivity index (χ1) is 9.37. The summed E-state index contributed by atoms with van der Waals surface area (Å²) in [4.78, 5) is 0.289. The van der Waals surface area contributed by atoms with Crippen LogP contribution in [0.2, 0.25) is 0 Å². The summed E-state index contributed by atoms with van der Waals surface area (Å²) in [6.45, 7) is 9.04. The summed E-state index contributed by atoms with van der Waals surface area (Å²) in [5.74, 6) is 0.365. The number of aryl methyl sites for hydroxylation is 1. The van der Waals surface area contributed by atoms with Crippen LogP contribution in [0.5, 0.6) is 0 Å². The van der Waals surface area contributed by atoms with Gasteiger partial charge in [-0.15, -0.1) is 0 Å². The Balaban J connectivity index is 2.98. The topological polar surface area (TPSA) is 90.0 Å². The summed E-state index contributed by atoms with van der Waals surface area (Å²) < 4.78 is 29.2. The van der Waals surface area contributed by atoms with Gasteiger partial charge >= 0.3 is 0 Å². The third kappa shape index (κ3) is 3.80. The number of nitrogens with two attached hydrogens (primary N) is 1. The zero-order valence-electron chi connectivity index (χ0n) is 12.8. The molecule has 1 heterocycles. The van der Waals surface area contributed by atoms with Gasteiger partial charge in [-0.25, -0.2) is 13.1 Å². The van der Waals surface area contributed by atoms with Crippen LogP contribution in [0.4, 0.5) is 0 Å². The monoisotopic (exact) mass is 302 g/mol. The molecule has 0 fully saturated rings. The van der Waals surface area contributed by atoms with E-state index in [2.05, 4.69) is 23.7 Å². The van der Waals surface area contributed by atoms with Gasteiger partial charge in [-0.3, -0.25) is 4.68 Å². The molecular formula is C13H26N4O2S. The first-order valence-corrected chi connectivity index (χ1v) is 8.59. The van der Waals surface area contributed by atoms with Crippen molar-refractivity contribution in [2.75, 3.05) is 13.1 Å². The molecule has 0 atom stereocenters. The Morgan fingerprint density at radius 1 is 1.30 bits per heavy atom. The molecule has 0 saturated carbocycles. The van der Waals surface area contributed by atoms with Crippen LogP contribution in [0, 0.1) is 19.8 Å². The van der Waals surface area contributed by atoms with E-state index in [1.54, 1.807) is 18.5 Å². The largest absolute Gasteiger partial charge is 0.329 e. The first kappa shape index (κ1) is 17.1. The van der Waals surface area contributed by atoms with Crippen LogP contribution in [0.15, 0.2) is 4.90 Å². The number of sulfonamides is 1. The zero-order chi connectivity index (χ0) is 15.3. The van der Waals surface area contributed by atoms with Gasteiger partial charge < -0.3 is 5.73 Å². The Kier molecular flexibility index (Phi) is 6.16. The summed E-state index contributed by atoms with van der Waals surface area (Å²) in [5, 5.41) is 4.25. The van der Waals surface area contributed by atoms with Gasteiger partial charge in [-0.1, -0.05) is 26.7 Å². The van der Waals surface area contributed by atoms with Crippen LogP contribution in [0.3, 0.4) is 0 Å². The van der Waals surface area contributed by atoms with Gasteiger partial charge in [0.15, 0.2) is 0 Å². The highest BCUT2D eigenvalue weighted by atomic mass is 32.2. The van der Waals surface area contributed by atoms with Crippen molar-refractivity contribution in [3.63, 3.8) is 0 Å². The van der Waals surface area contributed by atoms with Gasteiger partial charge in [0.25, 0.3) is 0 Å². The molecule has 3 N–H and O–H groups in total. The van der Waals surface area contributed by atoms with Crippen molar-refractivity contribution in [3.05, 3.63) is 11.4 Å². The van der Waals surface area contributed by atoms with E-state index in [1.807, 2.05) is 0 Å². The van der Waals surface area contributed by atoms with Gasteiger partial charge in [0.05, 0.1) is 17.9 Å². The minimum atomic E-state index is -3.51. The molecule has 0 spiro atoms. The molecule has 0 bridgehead atoms. The third-order valence-corrected chi connectivity index (χ3v) is 5.32. The predicted molar refractivity (Wildman–Crippen MR) is 80.0 cm³/mol. The molecule has 1 rings (SSSR count). The summed E-state index contributed by atoms with van der Waals surface area (Å²) in [6, 6.07) is 0. The quantitative estimate of drug-likeness (QED) is 0.754. The van der Waals surface area contributed by atoms with Crippen LogP contribution in [0.1, 0.15) is 38.1 Å². The van der Waals surface area contributed by atoms with Gasteiger partial charge in [0.2, 0.25) is 10.0 Å². The minimum absolute atomic E-state index is 0.289. The number of hydrogen-bond acceptors (Lipinski definition) is 4. The van der Waals surface area contributed by atoms with E-state index < -0.39 is 10.0 Å². The molecule has 0 amide bonds. The van der Waals surface area contributed by atoms with Crippen LogP contribution in [-0.2, 0) is 16.6 Å². The zero-order valence-corrected chi connectivity index (χ0v) is 13.6. The van der Waals surface area contributed by atoms with Crippen molar-refractivity contribution in [2.24, 2.45) is 11.7 Å². The molecule has 1 aromatic heterocycles. The Morgan fingerprint density at radius 2 is 1.90 bits per heavy atom. The second-order valence-electron chi connectivity index (χ2n) is 5.05. The average Bonchev–Trinajstić information content (AvgIpc) is 2.66. The van der Waals surface area contributed by atoms with Crippen LogP contribution < -0.4 is 10.5 Å². The molecule has 0 radical (unpaired) electrons. The van der Waals surface area contributed by atoms with Gasteiger partial charge in [0, 0.05) is 13.1 Å². The molecule has 116 valence electrons. The lowest BCUT2D eigenvalue weighted by Crippen LogP contribution is -2.29. The number of hydrogen-bond donors (Lipinski definition) is 2. The molecular weight excluding hydrogens is 276 g/mol. The summed E-state index contributed by atoms with van der Waals surface area (Å²) in [7, 11) is -3.51. The van der Waals surface area contributed by atoms with Gasteiger partial charge in [0.1, 0.15) is 4.90 Å². The van der Waals surface area contributed by atoms with Crippen LogP contribution in [-0.4, -0.2) is 31.3 Å². The lowest BCUT2D eigenvalue weighted by Gasteiger charge is -2.13. The highest BCUT2D eigenvalue weighted by Gasteiger charge is 2.24. The lowest BCUT2D eigenvalue weighted by atomic mass is 10.0. The molecule has 0 aromatic carbocycles. The Bertz CT molecular complexity index is 533. The highest BCUT2D eigenvalue weighted by molar-refractivity contribution is 7.89. The normalized spacial score (nSPS) is 12.3. The van der Waals surface area contributed by atoms with Gasteiger partial charge in [-0.2, -0.15) is 5.10 Å². The van der Waals surface area contributed by atoms with Crippen LogP contribution in [0.25, 0.3) is 0 Å². The molecule has 0 unspecified atom stereocenters. The maximum atomic E-state index is 12.4. The molecule has 7 heteroatoms. The summed E-state index contributed by atoms with van der Waals surface area (Å²) in [6.07, 6.45) is 1.92. The minimum Gasteiger partial charge on any atom is -0.329 e. The van der Waals surface area contributed by atoms with Crippen molar-refractivity contribution in [2.45, 2.75) is 52.0 Å². The Hall–Kier alpha value is -0.920. The van der Waals surface area contributed by atoms with Crippen molar-refractivity contribution in [1.29, 1.82) is 0 Å². The second kappa shape index (κ2) is 7.19. The van der Waals surface area contributed by atoms with E-state index >= 15 is 0 Å². The lowest BCUT2D eigenvalue weighted by molar-refractivity contribution is 0.478. The average molecular weight is 302 g/mol. The van der Waals surface area contributed by atoms with Gasteiger partial charge in [-0.05, 0) is 19.8 Å². The molecule has 20 heavy (non-hydrogen) atoms. The standard InChI is InChI=1S/C13H26N4O2S/c1-5-12(6-2)9-15-20(18,19)13-10(3)16-17(8-7-14)11(13)4/h12,15H,5-9,14H2,1-4H3. The number of rotatable bonds is 8. The smallest absolute Gasteiger partial charge is 0.244 e. The van der Waals surface area contributed by atoms with Crippen molar-refractivity contribution >= 4 is 10.0 Å². The summed E-state index contributed by atoms with van der Waals surface area (Å²) >= 11 is 0.